The number of alkyl halides is 1. The zero-order valence-electron chi connectivity index (χ0n) is 9.09. The van der Waals surface area contributed by atoms with Crippen molar-refractivity contribution >= 4 is 34.2 Å². The fraction of sp³-hybridized carbons (Fsp3) is 0.417. The van der Waals surface area contributed by atoms with E-state index in [0.29, 0.717) is 17.4 Å². The Bertz CT molecular complexity index is 575. The first-order valence-corrected chi connectivity index (χ1v) is 6.54. The van der Waals surface area contributed by atoms with E-state index in [1.807, 2.05) is 0 Å². The number of aromatic nitrogens is 2. The number of nitrogens with zero attached hydrogens (tertiary/aromatic N) is 2. The van der Waals surface area contributed by atoms with Gasteiger partial charge in [-0.25, -0.2) is 9.37 Å². The molecule has 0 aliphatic heterocycles. The van der Waals surface area contributed by atoms with Crippen molar-refractivity contribution in [2.45, 2.75) is 31.2 Å². The molecule has 3 rings (SSSR count). The van der Waals surface area contributed by atoms with Crippen molar-refractivity contribution < 1.29 is 4.39 Å². The molecule has 1 aromatic carbocycles. The second-order valence-corrected chi connectivity index (χ2v) is 5.05. The zero-order chi connectivity index (χ0) is 12.0. The summed E-state index contributed by atoms with van der Waals surface area (Å²) >= 11 is 11.7. The van der Waals surface area contributed by atoms with Gasteiger partial charge in [0.25, 0.3) is 0 Å². The molecule has 0 spiro atoms. The lowest BCUT2D eigenvalue weighted by Crippen LogP contribution is -2.18. The van der Waals surface area contributed by atoms with Gasteiger partial charge in [0, 0.05) is 12.1 Å². The molecule has 0 N–H and O–H groups in total. The van der Waals surface area contributed by atoms with Crippen LogP contribution in [0.1, 0.15) is 31.1 Å². The molecule has 0 unspecified atom stereocenters. The standard InChI is InChI=1S/C12H11Cl2FN2/c13-6-12-16-10-5-9(15)8(14)4-11(10)17(12)7-2-1-3-7/h4-5,7H,1-3,6H2. The van der Waals surface area contributed by atoms with Crippen LogP contribution in [0.25, 0.3) is 11.0 Å². The summed E-state index contributed by atoms with van der Waals surface area (Å²) in [7, 11) is 0. The second-order valence-electron chi connectivity index (χ2n) is 4.37. The van der Waals surface area contributed by atoms with Crippen LogP contribution in [0.4, 0.5) is 4.39 Å². The lowest BCUT2D eigenvalue weighted by Gasteiger charge is -2.28. The van der Waals surface area contributed by atoms with Crippen LogP contribution in [0.15, 0.2) is 12.1 Å². The Balaban J connectivity index is 2.25. The fourth-order valence-corrected chi connectivity index (χ4v) is 2.63. The largest absolute Gasteiger partial charge is 0.324 e. The maximum Gasteiger partial charge on any atom is 0.144 e. The van der Waals surface area contributed by atoms with Crippen LogP contribution in [-0.2, 0) is 5.88 Å². The molecule has 0 radical (unpaired) electrons. The number of fused-ring (bicyclic) bond motifs is 1. The van der Waals surface area contributed by atoms with Crippen LogP contribution in [0.3, 0.4) is 0 Å². The lowest BCUT2D eigenvalue weighted by molar-refractivity contribution is 0.315. The SMILES string of the molecule is Fc1cc2nc(CCl)n(C3CCC3)c2cc1Cl. The fourth-order valence-electron chi connectivity index (χ4n) is 2.29. The average Bonchev–Trinajstić information content (AvgIpc) is 2.56. The lowest BCUT2D eigenvalue weighted by atomic mass is 9.92. The van der Waals surface area contributed by atoms with Gasteiger partial charge in [-0.1, -0.05) is 11.6 Å². The molecule has 1 aliphatic carbocycles. The van der Waals surface area contributed by atoms with Gasteiger partial charge in [-0.15, -0.1) is 11.6 Å². The van der Waals surface area contributed by atoms with E-state index < -0.39 is 5.82 Å². The van der Waals surface area contributed by atoms with Crippen molar-refractivity contribution in [3.63, 3.8) is 0 Å². The third-order valence-electron chi connectivity index (χ3n) is 3.36. The number of rotatable bonds is 2. The highest BCUT2D eigenvalue weighted by molar-refractivity contribution is 6.31. The molecular weight excluding hydrogens is 262 g/mol. The number of hydrogen-bond donors (Lipinski definition) is 0. The third-order valence-corrected chi connectivity index (χ3v) is 3.89. The van der Waals surface area contributed by atoms with E-state index in [4.69, 9.17) is 23.2 Å². The van der Waals surface area contributed by atoms with Gasteiger partial charge in [0.15, 0.2) is 0 Å². The van der Waals surface area contributed by atoms with E-state index >= 15 is 0 Å². The Hall–Kier alpha value is -0.800. The molecule has 90 valence electrons. The summed E-state index contributed by atoms with van der Waals surface area (Å²) < 4.78 is 15.5. The number of halogens is 3. The van der Waals surface area contributed by atoms with E-state index in [1.54, 1.807) is 6.07 Å². The summed E-state index contributed by atoms with van der Waals surface area (Å²) in [6.07, 6.45) is 3.48. The molecule has 2 nitrogen and oxygen atoms in total. The van der Waals surface area contributed by atoms with Gasteiger partial charge >= 0.3 is 0 Å². The van der Waals surface area contributed by atoms with Crippen molar-refractivity contribution in [2.75, 3.05) is 0 Å². The molecule has 0 saturated heterocycles. The van der Waals surface area contributed by atoms with Gasteiger partial charge in [0.05, 0.1) is 21.9 Å². The molecule has 1 heterocycles. The van der Waals surface area contributed by atoms with Gasteiger partial charge in [0.1, 0.15) is 11.6 Å². The molecule has 1 fully saturated rings. The Kier molecular flexibility index (Phi) is 2.75. The highest BCUT2D eigenvalue weighted by Gasteiger charge is 2.24. The topological polar surface area (TPSA) is 17.8 Å². The smallest absolute Gasteiger partial charge is 0.144 e. The molecule has 2 aromatic rings. The molecule has 5 heteroatoms. The van der Waals surface area contributed by atoms with Crippen molar-refractivity contribution in [1.82, 2.24) is 9.55 Å². The van der Waals surface area contributed by atoms with Gasteiger partial charge in [-0.05, 0) is 25.3 Å². The Morgan fingerprint density at radius 2 is 2.18 bits per heavy atom. The maximum absolute atomic E-state index is 13.4. The summed E-state index contributed by atoms with van der Waals surface area (Å²) in [6, 6.07) is 3.46. The molecule has 17 heavy (non-hydrogen) atoms. The van der Waals surface area contributed by atoms with Gasteiger partial charge in [0.2, 0.25) is 0 Å². The van der Waals surface area contributed by atoms with Gasteiger partial charge < -0.3 is 4.57 Å². The highest BCUT2D eigenvalue weighted by atomic mass is 35.5. The minimum atomic E-state index is -0.432. The summed E-state index contributed by atoms with van der Waals surface area (Å²) in [4.78, 5) is 4.37. The number of hydrogen-bond acceptors (Lipinski definition) is 1. The molecule has 0 bridgehead atoms. The van der Waals surface area contributed by atoms with Crippen molar-refractivity contribution in [1.29, 1.82) is 0 Å². The predicted molar refractivity (Wildman–Crippen MR) is 67.1 cm³/mol. The molecule has 1 aromatic heterocycles. The molecule has 0 amide bonds. The first-order chi connectivity index (χ1) is 8.20. The van der Waals surface area contributed by atoms with Crippen molar-refractivity contribution in [2.24, 2.45) is 0 Å². The molecule has 0 atom stereocenters. The molecule has 1 saturated carbocycles. The first-order valence-electron chi connectivity index (χ1n) is 5.62. The van der Waals surface area contributed by atoms with E-state index in [2.05, 4.69) is 9.55 Å². The Labute approximate surface area is 108 Å². The van der Waals surface area contributed by atoms with E-state index in [1.165, 1.54) is 12.5 Å². The van der Waals surface area contributed by atoms with Crippen LogP contribution < -0.4 is 0 Å². The quantitative estimate of drug-likeness (QED) is 0.746. The van der Waals surface area contributed by atoms with E-state index in [-0.39, 0.29) is 5.02 Å². The van der Waals surface area contributed by atoms with Crippen LogP contribution >= 0.6 is 23.2 Å². The Morgan fingerprint density at radius 1 is 1.41 bits per heavy atom. The summed E-state index contributed by atoms with van der Waals surface area (Å²) in [5, 5.41) is 0.138. The number of benzene rings is 1. The molecule has 1 aliphatic rings. The predicted octanol–water partition coefficient (Wildman–Crippen LogP) is 4.29. The summed E-state index contributed by atoms with van der Waals surface area (Å²) in [5.41, 5.74) is 1.52. The first kappa shape index (κ1) is 11.3. The third kappa shape index (κ3) is 1.72. The highest BCUT2D eigenvalue weighted by Crippen LogP contribution is 2.36. The second kappa shape index (κ2) is 4.14. The van der Waals surface area contributed by atoms with E-state index in [0.717, 1.165) is 24.2 Å². The minimum Gasteiger partial charge on any atom is -0.324 e. The Morgan fingerprint density at radius 3 is 2.76 bits per heavy atom. The van der Waals surface area contributed by atoms with Crippen LogP contribution in [0.2, 0.25) is 5.02 Å². The maximum atomic E-state index is 13.4. The summed E-state index contributed by atoms with van der Waals surface area (Å²) in [5.74, 6) is 0.705. The van der Waals surface area contributed by atoms with Gasteiger partial charge in [-0.3, -0.25) is 0 Å². The summed E-state index contributed by atoms with van der Waals surface area (Å²) in [6.45, 7) is 0. The number of imidazole rings is 1. The molecular formula is C12H11Cl2FN2. The van der Waals surface area contributed by atoms with E-state index in [9.17, 15) is 4.39 Å². The minimum absolute atomic E-state index is 0.138. The zero-order valence-corrected chi connectivity index (χ0v) is 10.6. The average molecular weight is 273 g/mol. The normalized spacial score (nSPS) is 16.4. The monoisotopic (exact) mass is 272 g/mol. The van der Waals surface area contributed by atoms with Crippen molar-refractivity contribution in [3.05, 3.63) is 28.8 Å². The van der Waals surface area contributed by atoms with Crippen molar-refractivity contribution in [3.8, 4) is 0 Å². The van der Waals surface area contributed by atoms with Crippen LogP contribution in [-0.4, -0.2) is 9.55 Å². The van der Waals surface area contributed by atoms with Crippen LogP contribution in [0.5, 0.6) is 0 Å². The van der Waals surface area contributed by atoms with Gasteiger partial charge in [-0.2, -0.15) is 0 Å². The van der Waals surface area contributed by atoms with Crippen LogP contribution in [0, 0.1) is 5.82 Å².